The van der Waals surface area contributed by atoms with Crippen molar-refractivity contribution in [3.63, 3.8) is 0 Å². The van der Waals surface area contributed by atoms with Gasteiger partial charge < -0.3 is 10.6 Å². The van der Waals surface area contributed by atoms with Gasteiger partial charge in [-0.2, -0.15) is 0 Å². The number of nitrogens with one attached hydrogen (secondary N) is 2. The van der Waals surface area contributed by atoms with Gasteiger partial charge in [-0.1, -0.05) is 31.2 Å². The van der Waals surface area contributed by atoms with E-state index in [9.17, 15) is 4.79 Å². The van der Waals surface area contributed by atoms with Gasteiger partial charge in [-0.05, 0) is 43.4 Å². The molecule has 1 aromatic rings. The minimum Gasteiger partial charge on any atom is -0.352 e. The number of benzene rings is 1. The molecule has 1 aliphatic heterocycles. The van der Waals surface area contributed by atoms with Gasteiger partial charge in [0.2, 0.25) is 5.91 Å². The molecule has 1 fully saturated rings. The summed E-state index contributed by atoms with van der Waals surface area (Å²) in [5.74, 6) is 0.174. The molecular formula is C16H25ClN2O. The van der Waals surface area contributed by atoms with Crippen LogP contribution in [0.5, 0.6) is 0 Å². The van der Waals surface area contributed by atoms with E-state index >= 15 is 0 Å². The Bertz CT molecular complexity index is 399. The Morgan fingerprint density at radius 3 is 2.60 bits per heavy atom. The fraction of sp³-hybridized carbons (Fsp3) is 0.562. The third-order valence-corrected chi connectivity index (χ3v) is 3.73. The van der Waals surface area contributed by atoms with Gasteiger partial charge in [0.25, 0.3) is 0 Å². The van der Waals surface area contributed by atoms with Crippen LogP contribution < -0.4 is 10.6 Å². The monoisotopic (exact) mass is 296 g/mol. The lowest BCUT2D eigenvalue weighted by Crippen LogP contribution is -2.45. The van der Waals surface area contributed by atoms with Crippen molar-refractivity contribution in [3.8, 4) is 0 Å². The van der Waals surface area contributed by atoms with Crippen LogP contribution >= 0.6 is 12.4 Å². The average molecular weight is 297 g/mol. The molecule has 0 spiro atoms. The van der Waals surface area contributed by atoms with Gasteiger partial charge in [-0.15, -0.1) is 12.4 Å². The molecule has 2 N–H and O–H groups in total. The highest BCUT2D eigenvalue weighted by Gasteiger charge is 2.14. The summed E-state index contributed by atoms with van der Waals surface area (Å²) >= 11 is 0. The van der Waals surface area contributed by atoms with Crippen molar-refractivity contribution in [2.24, 2.45) is 0 Å². The predicted molar refractivity (Wildman–Crippen MR) is 85.4 cm³/mol. The van der Waals surface area contributed by atoms with E-state index in [1.54, 1.807) is 0 Å². The van der Waals surface area contributed by atoms with Crippen LogP contribution in [0.25, 0.3) is 0 Å². The average Bonchev–Trinajstić information content (AvgIpc) is 2.47. The lowest BCUT2D eigenvalue weighted by molar-refractivity contribution is -0.121. The molecule has 1 amide bonds. The Balaban J connectivity index is 0.00000200. The topological polar surface area (TPSA) is 41.1 Å². The van der Waals surface area contributed by atoms with E-state index in [0.29, 0.717) is 12.5 Å². The summed E-state index contributed by atoms with van der Waals surface area (Å²) in [6.45, 7) is 4.15. The smallest absolute Gasteiger partial charge is 0.220 e. The highest BCUT2D eigenvalue weighted by molar-refractivity contribution is 5.85. The number of carbonyl (C=O) groups is 1. The summed E-state index contributed by atoms with van der Waals surface area (Å²) < 4.78 is 0. The molecule has 112 valence electrons. The number of piperidine rings is 1. The molecule has 1 heterocycles. The fourth-order valence-electron chi connectivity index (χ4n) is 2.47. The van der Waals surface area contributed by atoms with Crippen LogP contribution in [0.15, 0.2) is 24.3 Å². The van der Waals surface area contributed by atoms with E-state index in [2.05, 4.69) is 41.8 Å². The number of aryl methyl sites for hydroxylation is 2. The molecule has 1 aliphatic rings. The zero-order chi connectivity index (χ0) is 13.5. The second kappa shape index (κ2) is 8.98. The van der Waals surface area contributed by atoms with Crippen LogP contribution in [-0.2, 0) is 17.6 Å². The summed E-state index contributed by atoms with van der Waals surface area (Å²) in [5.41, 5.74) is 2.59. The van der Waals surface area contributed by atoms with E-state index in [-0.39, 0.29) is 18.3 Å². The third kappa shape index (κ3) is 5.51. The zero-order valence-electron chi connectivity index (χ0n) is 12.2. The summed E-state index contributed by atoms with van der Waals surface area (Å²) in [7, 11) is 0. The van der Waals surface area contributed by atoms with E-state index in [0.717, 1.165) is 38.8 Å². The van der Waals surface area contributed by atoms with Gasteiger partial charge in [0.1, 0.15) is 0 Å². The first-order valence-corrected chi connectivity index (χ1v) is 7.36. The summed E-state index contributed by atoms with van der Waals surface area (Å²) in [4.78, 5) is 11.9. The number of amides is 1. The molecule has 3 nitrogen and oxygen atoms in total. The normalized spacial score (nSPS) is 18.1. The number of hydrogen-bond donors (Lipinski definition) is 2. The zero-order valence-corrected chi connectivity index (χ0v) is 13.0. The van der Waals surface area contributed by atoms with E-state index in [1.165, 1.54) is 11.1 Å². The second-order valence-corrected chi connectivity index (χ2v) is 5.28. The quantitative estimate of drug-likeness (QED) is 0.876. The van der Waals surface area contributed by atoms with E-state index < -0.39 is 0 Å². The van der Waals surface area contributed by atoms with Gasteiger partial charge in [-0.25, -0.2) is 0 Å². The van der Waals surface area contributed by atoms with Gasteiger partial charge in [0, 0.05) is 19.0 Å². The van der Waals surface area contributed by atoms with Gasteiger partial charge in [0.15, 0.2) is 0 Å². The lowest BCUT2D eigenvalue weighted by atomic mass is 10.0. The number of rotatable bonds is 5. The summed E-state index contributed by atoms with van der Waals surface area (Å²) in [6, 6.07) is 8.89. The largest absolute Gasteiger partial charge is 0.352 e. The molecular weight excluding hydrogens is 272 g/mol. The van der Waals surface area contributed by atoms with Gasteiger partial charge >= 0.3 is 0 Å². The Labute approximate surface area is 127 Å². The predicted octanol–water partition coefficient (Wildman–Crippen LogP) is 2.47. The number of hydrogen-bond acceptors (Lipinski definition) is 2. The van der Waals surface area contributed by atoms with Crippen molar-refractivity contribution >= 4 is 18.3 Å². The molecule has 0 bridgehead atoms. The number of halogens is 1. The standard InChI is InChI=1S/C16H24N2O.ClH/c1-2-13-5-7-14(8-6-13)9-10-16(19)18-15-4-3-11-17-12-15;/h5-8,15,17H,2-4,9-12H2,1H3,(H,18,19);1H. The maximum absolute atomic E-state index is 11.9. The van der Waals surface area contributed by atoms with Crippen LogP contribution in [0.3, 0.4) is 0 Å². The molecule has 1 atom stereocenters. The SMILES string of the molecule is CCc1ccc(CCC(=O)NC2CCCNC2)cc1.Cl. The molecule has 0 aromatic heterocycles. The van der Waals surface area contributed by atoms with Gasteiger partial charge in [-0.3, -0.25) is 4.79 Å². The highest BCUT2D eigenvalue weighted by atomic mass is 35.5. The highest BCUT2D eigenvalue weighted by Crippen LogP contribution is 2.08. The van der Waals surface area contributed by atoms with Crippen LogP contribution in [-0.4, -0.2) is 25.0 Å². The Morgan fingerprint density at radius 2 is 2.00 bits per heavy atom. The molecule has 1 unspecified atom stereocenters. The summed E-state index contributed by atoms with van der Waals surface area (Å²) in [6.07, 6.45) is 4.74. The fourth-order valence-corrected chi connectivity index (χ4v) is 2.47. The van der Waals surface area contributed by atoms with Gasteiger partial charge in [0.05, 0.1) is 0 Å². The summed E-state index contributed by atoms with van der Waals surface area (Å²) in [5, 5.41) is 6.42. The Hall–Kier alpha value is -1.06. The van der Waals surface area contributed by atoms with Crippen molar-refractivity contribution in [1.82, 2.24) is 10.6 Å². The van der Waals surface area contributed by atoms with Crippen LogP contribution in [0.1, 0.15) is 37.3 Å². The lowest BCUT2D eigenvalue weighted by Gasteiger charge is -2.23. The molecule has 1 saturated heterocycles. The Morgan fingerprint density at radius 1 is 1.30 bits per heavy atom. The molecule has 2 rings (SSSR count). The Kier molecular flexibility index (Phi) is 7.63. The van der Waals surface area contributed by atoms with Crippen molar-refractivity contribution in [2.75, 3.05) is 13.1 Å². The minimum atomic E-state index is 0. The first-order valence-electron chi connectivity index (χ1n) is 7.36. The maximum atomic E-state index is 11.9. The molecule has 0 saturated carbocycles. The molecule has 1 aromatic carbocycles. The van der Waals surface area contributed by atoms with Crippen molar-refractivity contribution in [2.45, 2.75) is 45.1 Å². The minimum absolute atomic E-state index is 0. The van der Waals surface area contributed by atoms with E-state index in [1.807, 2.05) is 0 Å². The molecule has 0 radical (unpaired) electrons. The molecule has 0 aliphatic carbocycles. The van der Waals surface area contributed by atoms with Crippen LogP contribution in [0.2, 0.25) is 0 Å². The maximum Gasteiger partial charge on any atom is 0.220 e. The van der Waals surface area contributed by atoms with Crippen LogP contribution in [0, 0.1) is 0 Å². The second-order valence-electron chi connectivity index (χ2n) is 5.28. The molecule has 4 heteroatoms. The van der Waals surface area contributed by atoms with E-state index in [4.69, 9.17) is 0 Å². The van der Waals surface area contributed by atoms with Crippen molar-refractivity contribution < 1.29 is 4.79 Å². The third-order valence-electron chi connectivity index (χ3n) is 3.73. The van der Waals surface area contributed by atoms with Crippen molar-refractivity contribution in [3.05, 3.63) is 35.4 Å². The first-order chi connectivity index (χ1) is 9.28. The van der Waals surface area contributed by atoms with Crippen LogP contribution in [0.4, 0.5) is 0 Å². The number of carbonyl (C=O) groups excluding carboxylic acids is 1. The molecule has 20 heavy (non-hydrogen) atoms. The first kappa shape index (κ1) is 17.0. The van der Waals surface area contributed by atoms with Crippen molar-refractivity contribution in [1.29, 1.82) is 0 Å².